The second-order valence-electron chi connectivity index (χ2n) is 5.52. The Kier molecular flexibility index (Phi) is 4.97. The van der Waals surface area contributed by atoms with Crippen LogP contribution in [0.15, 0.2) is 45.8 Å². The second kappa shape index (κ2) is 6.75. The maximum atomic E-state index is 13.1. The van der Waals surface area contributed by atoms with Crippen molar-refractivity contribution in [1.82, 2.24) is 0 Å². The van der Waals surface area contributed by atoms with Crippen molar-refractivity contribution in [2.24, 2.45) is 0 Å². The summed E-state index contributed by atoms with van der Waals surface area (Å²) < 4.78 is 28.0. The third-order valence-corrected chi connectivity index (χ3v) is 6.62. The Bertz CT molecular complexity index is 922. The molecule has 134 valence electrons. The van der Waals surface area contributed by atoms with Crippen molar-refractivity contribution in [1.29, 1.82) is 0 Å². The molecule has 0 bridgehead atoms. The van der Waals surface area contributed by atoms with E-state index in [-0.39, 0.29) is 39.9 Å². The average molecular weight is 450 g/mol. The lowest BCUT2D eigenvalue weighted by atomic mass is 10.0. The SMILES string of the molecule is O=S(=O)(c1ccc(Cl)c(N(O)O)c1)N1CC(CO)c2ccc(Br)cc21. The third kappa shape index (κ3) is 3.23. The number of sulfonamides is 1. The number of anilines is 2. The van der Waals surface area contributed by atoms with Gasteiger partial charge >= 0.3 is 0 Å². The van der Waals surface area contributed by atoms with Crippen molar-refractivity contribution in [3.8, 4) is 0 Å². The fourth-order valence-electron chi connectivity index (χ4n) is 2.79. The summed E-state index contributed by atoms with van der Waals surface area (Å²) in [6, 6.07) is 8.85. The molecule has 0 saturated heterocycles. The number of aliphatic hydroxyl groups is 1. The molecule has 3 rings (SSSR count). The Morgan fingerprint density at radius 2 is 1.96 bits per heavy atom. The Morgan fingerprint density at radius 1 is 1.24 bits per heavy atom. The van der Waals surface area contributed by atoms with Gasteiger partial charge in [-0.3, -0.25) is 14.7 Å². The highest BCUT2D eigenvalue weighted by Gasteiger charge is 2.36. The van der Waals surface area contributed by atoms with Crippen molar-refractivity contribution in [3.63, 3.8) is 0 Å². The highest BCUT2D eigenvalue weighted by atomic mass is 79.9. The second-order valence-corrected chi connectivity index (χ2v) is 8.71. The molecule has 2 aromatic rings. The monoisotopic (exact) mass is 448 g/mol. The van der Waals surface area contributed by atoms with E-state index in [0.29, 0.717) is 10.2 Å². The summed E-state index contributed by atoms with van der Waals surface area (Å²) in [5.41, 5.74) is 0.944. The van der Waals surface area contributed by atoms with Crippen LogP contribution in [0.1, 0.15) is 11.5 Å². The molecule has 1 aliphatic heterocycles. The predicted molar refractivity (Wildman–Crippen MR) is 96.0 cm³/mol. The van der Waals surface area contributed by atoms with E-state index in [0.717, 1.165) is 11.6 Å². The van der Waals surface area contributed by atoms with Crippen molar-refractivity contribution in [3.05, 3.63) is 51.5 Å². The quantitative estimate of drug-likeness (QED) is 0.620. The number of hydrogen-bond donors (Lipinski definition) is 3. The van der Waals surface area contributed by atoms with E-state index < -0.39 is 10.0 Å². The average Bonchev–Trinajstić information content (AvgIpc) is 2.93. The molecule has 3 N–H and O–H groups in total. The lowest BCUT2D eigenvalue weighted by Gasteiger charge is -2.21. The molecule has 1 heterocycles. The fraction of sp³-hybridized carbons (Fsp3) is 0.200. The van der Waals surface area contributed by atoms with Crippen LogP contribution in [0, 0.1) is 0 Å². The van der Waals surface area contributed by atoms with Gasteiger partial charge in [0.2, 0.25) is 0 Å². The minimum absolute atomic E-state index is 0.0123. The van der Waals surface area contributed by atoms with Gasteiger partial charge in [-0.1, -0.05) is 33.6 Å². The van der Waals surface area contributed by atoms with Crippen molar-refractivity contribution in [2.45, 2.75) is 10.8 Å². The molecule has 0 aromatic heterocycles. The number of rotatable bonds is 4. The molecule has 0 aliphatic carbocycles. The van der Waals surface area contributed by atoms with Gasteiger partial charge < -0.3 is 5.11 Å². The first kappa shape index (κ1) is 18.4. The Labute approximate surface area is 157 Å². The highest BCUT2D eigenvalue weighted by molar-refractivity contribution is 9.10. The molecule has 1 aliphatic rings. The van der Waals surface area contributed by atoms with Crippen LogP contribution in [0.3, 0.4) is 0 Å². The molecule has 0 fully saturated rings. The van der Waals surface area contributed by atoms with Gasteiger partial charge in [-0.05, 0) is 35.9 Å². The summed E-state index contributed by atoms with van der Waals surface area (Å²) in [6.07, 6.45) is 0. The molecular formula is C15H14BrClN2O5S. The van der Waals surface area contributed by atoms with Crippen LogP contribution in [-0.4, -0.2) is 37.1 Å². The standard InChI is InChI=1S/C15H14BrClN2O5S/c16-10-1-3-12-9(8-20)7-18(14(12)5-10)25(23,24)11-2-4-13(17)15(6-11)19(21)22/h1-6,9,20-22H,7-8H2. The number of aliphatic hydroxyl groups excluding tert-OH is 1. The minimum Gasteiger partial charge on any atom is -0.396 e. The van der Waals surface area contributed by atoms with Crippen LogP contribution in [0.2, 0.25) is 5.02 Å². The first-order chi connectivity index (χ1) is 11.8. The van der Waals surface area contributed by atoms with Gasteiger partial charge in [0, 0.05) is 16.9 Å². The van der Waals surface area contributed by atoms with E-state index in [1.165, 1.54) is 16.4 Å². The van der Waals surface area contributed by atoms with E-state index in [4.69, 9.17) is 11.6 Å². The van der Waals surface area contributed by atoms with Crippen LogP contribution < -0.4 is 9.53 Å². The van der Waals surface area contributed by atoms with Gasteiger partial charge in [0.25, 0.3) is 10.0 Å². The fourth-order valence-corrected chi connectivity index (χ4v) is 4.88. The first-order valence-corrected chi connectivity index (χ1v) is 9.77. The van der Waals surface area contributed by atoms with E-state index in [1.54, 1.807) is 18.2 Å². The summed E-state index contributed by atoms with van der Waals surface area (Å²) in [5.74, 6) is -0.336. The third-order valence-electron chi connectivity index (χ3n) is 4.03. The molecule has 25 heavy (non-hydrogen) atoms. The van der Waals surface area contributed by atoms with Gasteiger partial charge in [0.1, 0.15) is 5.69 Å². The number of hydrogen-bond acceptors (Lipinski definition) is 6. The highest BCUT2D eigenvalue weighted by Crippen LogP contribution is 2.41. The van der Waals surface area contributed by atoms with Crippen molar-refractivity contribution < 1.29 is 23.9 Å². The molecule has 1 unspecified atom stereocenters. The van der Waals surface area contributed by atoms with Crippen LogP contribution in [0.5, 0.6) is 0 Å². The summed E-state index contributed by atoms with van der Waals surface area (Å²) in [6.45, 7) is -0.0991. The van der Waals surface area contributed by atoms with Crippen LogP contribution >= 0.6 is 27.5 Å². The van der Waals surface area contributed by atoms with E-state index in [2.05, 4.69) is 15.9 Å². The normalized spacial score (nSPS) is 16.8. The van der Waals surface area contributed by atoms with Crippen LogP contribution in [-0.2, 0) is 10.0 Å². The van der Waals surface area contributed by atoms with E-state index >= 15 is 0 Å². The lowest BCUT2D eigenvalue weighted by Crippen LogP contribution is -2.30. The number of nitrogens with zero attached hydrogens (tertiary/aromatic N) is 2. The summed E-state index contributed by atoms with van der Waals surface area (Å²) in [5, 5.41) is 27.7. The topological polar surface area (TPSA) is 101 Å². The molecule has 0 spiro atoms. The molecule has 2 aromatic carbocycles. The number of benzene rings is 2. The smallest absolute Gasteiger partial charge is 0.264 e. The number of halogens is 2. The molecule has 7 nitrogen and oxygen atoms in total. The molecule has 0 saturated carbocycles. The zero-order valence-corrected chi connectivity index (χ0v) is 15.8. The predicted octanol–water partition coefficient (Wildman–Crippen LogP) is 2.97. The maximum Gasteiger partial charge on any atom is 0.264 e. The summed E-state index contributed by atoms with van der Waals surface area (Å²) in [7, 11) is -3.99. The molecule has 10 heteroatoms. The summed E-state index contributed by atoms with van der Waals surface area (Å²) in [4.78, 5) is -0.149. The molecule has 1 atom stereocenters. The minimum atomic E-state index is -3.99. The van der Waals surface area contributed by atoms with Gasteiger partial charge in [0.05, 0.1) is 22.2 Å². The Balaban J connectivity index is 2.11. The van der Waals surface area contributed by atoms with Crippen molar-refractivity contribution in [2.75, 3.05) is 22.7 Å². The summed E-state index contributed by atoms with van der Waals surface area (Å²) >= 11 is 9.16. The van der Waals surface area contributed by atoms with Crippen molar-refractivity contribution >= 4 is 48.9 Å². The molecular weight excluding hydrogens is 436 g/mol. The van der Waals surface area contributed by atoms with Gasteiger partial charge in [-0.2, -0.15) is 0 Å². The Hall–Kier alpha value is -1.36. The Morgan fingerprint density at radius 3 is 2.60 bits per heavy atom. The maximum absolute atomic E-state index is 13.1. The molecule has 0 radical (unpaired) electrons. The molecule has 0 amide bonds. The first-order valence-electron chi connectivity index (χ1n) is 7.16. The van der Waals surface area contributed by atoms with Crippen LogP contribution in [0.25, 0.3) is 0 Å². The van der Waals surface area contributed by atoms with Gasteiger partial charge in [-0.25, -0.2) is 8.42 Å². The number of fused-ring (bicyclic) bond motifs is 1. The zero-order valence-electron chi connectivity index (χ0n) is 12.7. The van der Waals surface area contributed by atoms with Crippen LogP contribution in [0.4, 0.5) is 11.4 Å². The lowest BCUT2D eigenvalue weighted by molar-refractivity contribution is 0.0291. The van der Waals surface area contributed by atoms with Gasteiger partial charge in [-0.15, -0.1) is 5.23 Å². The largest absolute Gasteiger partial charge is 0.396 e. The van der Waals surface area contributed by atoms with E-state index in [1.807, 2.05) is 0 Å². The van der Waals surface area contributed by atoms with E-state index in [9.17, 15) is 23.9 Å². The van der Waals surface area contributed by atoms with Gasteiger partial charge in [0.15, 0.2) is 0 Å². The zero-order chi connectivity index (χ0) is 18.4.